The maximum atomic E-state index is 13.2. The van der Waals surface area contributed by atoms with Crippen LogP contribution in [0.25, 0.3) is 0 Å². The maximum Gasteiger partial charge on any atom is 0.252 e. The third-order valence-corrected chi connectivity index (χ3v) is 6.72. The summed E-state index contributed by atoms with van der Waals surface area (Å²) >= 11 is 6.13. The second-order valence-electron chi connectivity index (χ2n) is 6.15. The smallest absolute Gasteiger partial charge is 0.252 e. The minimum atomic E-state index is -3.77. The average molecular weight is 416 g/mol. The predicted octanol–water partition coefficient (Wildman–Crippen LogP) is 2.80. The lowest BCUT2D eigenvalue weighted by atomic mass is 10.0. The van der Waals surface area contributed by atoms with Crippen molar-refractivity contribution in [1.82, 2.24) is 14.4 Å². The number of aromatic nitrogens is 2. The van der Waals surface area contributed by atoms with Crippen molar-refractivity contribution >= 4 is 21.6 Å². The van der Waals surface area contributed by atoms with Crippen LogP contribution in [0.15, 0.2) is 33.7 Å². The normalized spacial score (nSPS) is 18.7. The molecule has 1 saturated heterocycles. The van der Waals surface area contributed by atoms with Crippen LogP contribution in [0.1, 0.15) is 37.0 Å². The Hall–Kier alpha value is -1.52. The molecule has 1 aliphatic heterocycles. The van der Waals surface area contributed by atoms with Crippen LogP contribution in [0.2, 0.25) is 5.02 Å². The van der Waals surface area contributed by atoms with Crippen molar-refractivity contribution in [3.05, 3.63) is 41.0 Å². The van der Waals surface area contributed by atoms with Gasteiger partial charge in [-0.25, -0.2) is 8.42 Å². The van der Waals surface area contributed by atoms with E-state index in [9.17, 15) is 8.42 Å². The van der Waals surface area contributed by atoms with Gasteiger partial charge in [0.1, 0.15) is 11.5 Å². The van der Waals surface area contributed by atoms with Gasteiger partial charge in [-0.05, 0) is 25.0 Å². The Bertz CT molecular complexity index is 858. The maximum absolute atomic E-state index is 13.2. The van der Waals surface area contributed by atoms with E-state index in [1.54, 1.807) is 25.3 Å². The summed E-state index contributed by atoms with van der Waals surface area (Å²) in [7, 11) is -2.18. The third-order valence-electron chi connectivity index (χ3n) is 4.32. The molecule has 10 heteroatoms. The molecule has 27 heavy (non-hydrogen) atoms. The average Bonchev–Trinajstić information content (AvgIpc) is 3.14. The first-order chi connectivity index (χ1) is 13.0. The van der Waals surface area contributed by atoms with Crippen molar-refractivity contribution in [3.8, 4) is 0 Å². The molecule has 1 unspecified atom stereocenters. The molecule has 2 heterocycles. The minimum absolute atomic E-state index is 0.0881. The van der Waals surface area contributed by atoms with Gasteiger partial charge in [0.2, 0.25) is 10.0 Å². The summed E-state index contributed by atoms with van der Waals surface area (Å²) in [5.41, 5.74) is 0. The Labute approximate surface area is 163 Å². The third kappa shape index (κ3) is 4.67. The Kier molecular flexibility index (Phi) is 6.83. The number of benzene rings is 1. The van der Waals surface area contributed by atoms with Gasteiger partial charge in [0.15, 0.2) is 5.82 Å². The highest BCUT2D eigenvalue weighted by atomic mass is 35.5. The Morgan fingerprint density at radius 2 is 2.11 bits per heavy atom. The standard InChI is InChI=1S/C17H22ClN3O5S/c1-24-10-11-25-12-16-19-17(20-26-16)14-7-4-5-9-21(14)27(22,23)15-8-3-2-6-13(15)18/h2-3,6,8,14H,4-5,7,9-12H2,1H3. The zero-order chi connectivity index (χ0) is 19.3. The zero-order valence-corrected chi connectivity index (χ0v) is 16.6. The fraction of sp³-hybridized carbons (Fsp3) is 0.529. The molecule has 0 saturated carbocycles. The van der Waals surface area contributed by atoms with Crippen molar-refractivity contribution in [3.63, 3.8) is 0 Å². The van der Waals surface area contributed by atoms with Gasteiger partial charge in [-0.2, -0.15) is 9.29 Å². The predicted molar refractivity (Wildman–Crippen MR) is 97.8 cm³/mol. The molecule has 0 amide bonds. The summed E-state index contributed by atoms with van der Waals surface area (Å²) in [5, 5.41) is 4.18. The first-order valence-corrected chi connectivity index (χ1v) is 10.5. The number of sulfonamides is 1. The van der Waals surface area contributed by atoms with Gasteiger partial charge in [-0.15, -0.1) is 0 Å². The van der Waals surface area contributed by atoms with Crippen molar-refractivity contribution in [2.24, 2.45) is 0 Å². The molecule has 148 valence electrons. The van der Waals surface area contributed by atoms with Crippen LogP contribution in [0, 0.1) is 0 Å². The summed E-state index contributed by atoms with van der Waals surface area (Å²) in [4.78, 5) is 4.42. The van der Waals surface area contributed by atoms with E-state index in [1.165, 1.54) is 10.4 Å². The summed E-state index contributed by atoms with van der Waals surface area (Å²) in [6.45, 7) is 1.41. The van der Waals surface area contributed by atoms with E-state index in [4.69, 9.17) is 25.6 Å². The van der Waals surface area contributed by atoms with Gasteiger partial charge in [-0.3, -0.25) is 0 Å². The molecule has 2 aromatic rings. The summed E-state index contributed by atoms with van der Waals surface area (Å²) in [6, 6.07) is 5.94. The van der Waals surface area contributed by atoms with Crippen LogP contribution >= 0.6 is 11.6 Å². The fourth-order valence-corrected chi connectivity index (χ4v) is 5.14. The largest absolute Gasteiger partial charge is 0.382 e. The number of piperidine rings is 1. The fourth-order valence-electron chi connectivity index (χ4n) is 2.99. The van der Waals surface area contributed by atoms with Crippen LogP contribution in [-0.4, -0.2) is 49.7 Å². The molecule has 1 fully saturated rings. The highest BCUT2D eigenvalue weighted by molar-refractivity contribution is 7.89. The molecule has 1 atom stereocenters. The van der Waals surface area contributed by atoms with E-state index >= 15 is 0 Å². The van der Waals surface area contributed by atoms with Crippen LogP contribution in [0.3, 0.4) is 0 Å². The number of ether oxygens (including phenoxy) is 2. The number of hydrogen-bond donors (Lipinski definition) is 0. The van der Waals surface area contributed by atoms with Gasteiger partial charge in [0, 0.05) is 13.7 Å². The van der Waals surface area contributed by atoms with E-state index in [0.717, 1.165) is 12.8 Å². The molecule has 0 bridgehead atoms. The quantitative estimate of drug-likeness (QED) is 0.611. The monoisotopic (exact) mass is 415 g/mol. The van der Waals surface area contributed by atoms with E-state index < -0.39 is 16.1 Å². The molecule has 1 aliphatic rings. The minimum Gasteiger partial charge on any atom is -0.382 e. The van der Waals surface area contributed by atoms with E-state index in [-0.39, 0.29) is 16.5 Å². The van der Waals surface area contributed by atoms with Gasteiger partial charge in [0.05, 0.1) is 24.3 Å². The lowest BCUT2D eigenvalue weighted by Gasteiger charge is -2.32. The second-order valence-corrected chi connectivity index (χ2v) is 8.42. The highest BCUT2D eigenvalue weighted by Gasteiger charge is 2.37. The first kappa shape index (κ1) is 20.2. The lowest BCUT2D eigenvalue weighted by Crippen LogP contribution is -2.39. The van der Waals surface area contributed by atoms with Crippen molar-refractivity contribution in [2.45, 2.75) is 36.8 Å². The van der Waals surface area contributed by atoms with E-state index in [0.29, 0.717) is 37.9 Å². The van der Waals surface area contributed by atoms with Gasteiger partial charge in [-0.1, -0.05) is 35.3 Å². The van der Waals surface area contributed by atoms with E-state index in [2.05, 4.69) is 10.1 Å². The number of rotatable bonds is 8. The van der Waals surface area contributed by atoms with Crippen LogP contribution in [-0.2, 0) is 26.1 Å². The second kappa shape index (κ2) is 9.11. The molecule has 0 radical (unpaired) electrons. The Morgan fingerprint density at radius 3 is 2.89 bits per heavy atom. The van der Waals surface area contributed by atoms with Crippen molar-refractivity contribution in [1.29, 1.82) is 0 Å². The van der Waals surface area contributed by atoms with Gasteiger partial charge in [0.25, 0.3) is 5.89 Å². The zero-order valence-electron chi connectivity index (χ0n) is 15.0. The number of nitrogens with zero attached hydrogens (tertiary/aromatic N) is 3. The van der Waals surface area contributed by atoms with Crippen LogP contribution in [0.4, 0.5) is 0 Å². The summed E-state index contributed by atoms with van der Waals surface area (Å²) < 4.78 is 43.2. The van der Waals surface area contributed by atoms with Crippen molar-refractivity contribution < 1.29 is 22.4 Å². The van der Waals surface area contributed by atoms with E-state index in [1.807, 2.05) is 0 Å². The van der Waals surface area contributed by atoms with Crippen LogP contribution in [0.5, 0.6) is 0 Å². The van der Waals surface area contributed by atoms with Crippen LogP contribution < -0.4 is 0 Å². The number of halogens is 1. The Balaban J connectivity index is 1.80. The summed E-state index contributed by atoms with van der Waals surface area (Å²) in [6.07, 6.45) is 2.27. The first-order valence-electron chi connectivity index (χ1n) is 8.69. The number of hydrogen-bond acceptors (Lipinski definition) is 7. The molecule has 8 nitrogen and oxygen atoms in total. The number of methoxy groups -OCH3 is 1. The Morgan fingerprint density at radius 1 is 1.30 bits per heavy atom. The molecule has 1 aromatic carbocycles. The molecular weight excluding hydrogens is 394 g/mol. The molecule has 0 N–H and O–H groups in total. The molecular formula is C17H22ClN3O5S. The highest BCUT2D eigenvalue weighted by Crippen LogP contribution is 2.35. The molecule has 0 spiro atoms. The molecule has 3 rings (SSSR count). The van der Waals surface area contributed by atoms with Crippen molar-refractivity contribution in [2.75, 3.05) is 26.9 Å². The summed E-state index contributed by atoms with van der Waals surface area (Å²) in [5.74, 6) is 0.650. The SMILES string of the molecule is COCCOCc1nc(C2CCCCN2S(=O)(=O)c2ccccc2Cl)no1. The van der Waals surface area contributed by atoms with Gasteiger partial charge >= 0.3 is 0 Å². The van der Waals surface area contributed by atoms with Gasteiger partial charge < -0.3 is 14.0 Å². The molecule has 0 aliphatic carbocycles. The molecule has 1 aromatic heterocycles. The lowest BCUT2D eigenvalue weighted by molar-refractivity contribution is 0.0494. The topological polar surface area (TPSA) is 94.8 Å².